The van der Waals surface area contributed by atoms with Crippen molar-refractivity contribution < 1.29 is 9.18 Å². The van der Waals surface area contributed by atoms with E-state index in [1.165, 1.54) is 24.5 Å². The first-order valence-electron chi connectivity index (χ1n) is 8.22. The molecule has 0 aliphatic heterocycles. The molecule has 0 atom stereocenters. The molecule has 6 heteroatoms. The van der Waals surface area contributed by atoms with E-state index in [-0.39, 0.29) is 11.7 Å². The summed E-state index contributed by atoms with van der Waals surface area (Å²) >= 11 is 0. The maximum atomic E-state index is 13.0. The molecule has 1 aromatic heterocycles. The topological polar surface area (TPSA) is 59.8 Å². The fourth-order valence-corrected chi connectivity index (χ4v) is 2.57. The largest absolute Gasteiger partial charge is 0.348 e. The van der Waals surface area contributed by atoms with Crippen molar-refractivity contribution in [2.24, 2.45) is 0 Å². The molecule has 0 radical (unpaired) electrons. The van der Waals surface area contributed by atoms with Crippen LogP contribution in [0.3, 0.4) is 0 Å². The highest BCUT2D eigenvalue weighted by atomic mass is 19.1. The summed E-state index contributed by atoms with van der Waals surface area (Å²) in [7, 11) is 0. The number of halogens is 1. The van der Waals surface area contributed by atoms with Gasteiger partial charge in [0.05, 0.1) is 6.54 Å². The van der Waals surface area contributed by atoms with Crippen LogP contribution in [0.1, 0.15) is 23.6 Å². The number of carbonyl (C=O) groups excluding carboxylic acids is 1. The van der Waals surface area contributed by atoms with E-state index in [0.717, 1.165) is 22.3 Å². The van der Waals surface area contributed by atoms with E-state index in [9.17, 15) is 9.18 Å². The Bertz CT molecular complexity index is 902. The standard InChI is InChI=1S/C20H19FN4O/c1-15(18-5-7-19(21)8-6-18)9-20(26)23-11-16-3-2-4-17(10-16)12-25-14-22-13-24-25/h2-10,13-14H,11-12H2,1H3,(H,23,26)/b15-9-. The maximum absolute atomic E-state index is 13.0. The molecule has 3 aromatic rings. The number of nitrogens with one attached hydrogen (secondary N) is 1. The van der Waals surface area contributed by atoms with Crippen LogP contribution in [-0.2, 0) is 17.9 Å². The monoisotopic (exact) mass is 350 g/mol. The molecule has 132 valence electrons. The van der Waals surface area contributed by atoms with Gasteiger partial charge in [0.25, 0.3) is 0 Å². The quantitative estimate of drug-likeness (QED) is 0.695. The highest BCUT2D eigenvalue weighted by Gasteiger charge is 2.03. The van der Waals surface area contributed by atoms with Crippen molar-refractivity contribution in [2.75, 3.05) is 0 Å². The Morgan fingerprint density at radius 1 is 1.19 bits per heavy atom. The molecule has 0 saturated carbocycles. The van der Waals surface area contributed by atoms with Gasteiger partial charge in [-0.3, -0.25) is 4.79 Å². The van der Waals surface area contributed by atoms with Gasteiger partial charge in [-0.15, -0.1) is 0 Å². The fraction of sp³-hybridized carbons (Fsp3) is 0.150. The van der Waals surface area contributed by atoms with Crippen LogP contribution in [0.2, 0.25) is 0 Å². The molecular formula is C20H19FN4O. The van der Waals surface area contributed by atoms with Crippen LogP contribution in [0.5, 0.6) is 0 Å². The van der Waals surface area contributed by atoms with E-state index in [2.05, 4.69) is 15.4 Å². The Balaban J connectivity index is 1.59. The van der Waals surface area contributed by atoms with E-state index in [0.29, 0.717) is 13.1 Å². The zero-order valence-corrected chi connectivity index (χ0v) is 14.4. The van der Waals surface area contributed by atoms with Gasteiger partial charge in [0, 0.05) is 12.6 Å². The molecule has 3 rings (SSSR count). The van der Waals surface area contributed by atoms with Gasteiger partial charge >= 0.3 is 0 Å². The predicted molar refractivity (Wildman–Crippen MR) is 97.5 cm³/mol. The highest BCUT2D eigenvalue weighted by molar-refractivity contribution is 5.94. The van der Waals surface area contributed by atoms with Crippen molar-refractivity contribution in [3.05, 3.63) is 89.8 Å². The molecule has 0 saturated heterocycles. The van der Waals surface area contributed by atoms with Gasteiger partial charge in [-0.05, 0) is 41.3 Å². The van der Waals surface area contributed by atoms with E-state index < -0.39 is 0 Å². The number of aromatic nitrogens is 3. The van der Waals surface area contributed by atoms with E-state index in [1.54, 1.807) is 23.1 Å². The molecule has 2 aromatic carbocycles. The van der Waals surface area contributed by atoms with Crippen LogP contribution >= 0.6 is 0 Å². The molecule has 0 fully saturated rings. The summed E-state index contributed by atoms with van der Waals surface area (Å²) in [6.45, 7) is 2.88. The average molecular weight is 350 g/mol. The number of rotatable bonds is 6. The third-order valence-electron chi connectivity index (χ3n) is 3.92. The lowest BCUT2D eigenvalue weighted by molar-refractivity contribution is -0.116. The van der Waals surface area contributed by atoms with Crippen LogP contribution in [0.25, 0.3) is 5.57 Å². The number of nitrogens with zero attached hydrogens (tertiary/aromatic N) is 3. The second kappa shape index (κ2) is 8.20. The van der Waals surface area contributed by atoms with Crippen LogP contribution in [0.15, 0.2) is 67.3 Å². The number of carbonyl (C=O) groups is 1. The Hall–Kier alpha value is -3.28. The summed E-state index contributed by atoms with van der Waals surface area (Å²) in [5.74, 6) is -0.481. The van der Waals surface area contributed by atoms with Crippen molar-refractivity contribution in [1.29, 1.82) is 0 Å². The third kappa shape index (κ3) is 4.86. The minimum atomic E-state index is -0.295. The van der Waals surface area contributed by atoms with Gasteiger partial charge < -0.3 is 5.32 Å². The normalized spacial score (nSPS) is 11.4. The van der Waals surface area contributed by atoms with Gasteiger partial charge in [-0.1, -0.05) is 36.4 Å². The van der Waals surface area contributed by atoms with Gasteiger partial charge in [0.2, 0.25) is 5.91 Å². The van der Waals surface area contributed by atoms with E-state index >= 15 is 0 Å². The first-order valence-corrected chi connectivity index (χ1v) is 8.22. The lowest BCUT2D eigenvalue weighted by Crippen LogP contribution is -2.20. The number of amides is 1. The van der Waals surface area contributed by atoms with Crippen LogP contribution in [0.4, 0.5) is 4.39 Å². The smallest absolute Gasteiger partial charge is 0.244 e. The summed E-state index contributed by atoms with van der Waals surface area (Å²) in [4.78, 5) is 16.0. The number of hydrogen-bond donors (Lipinski definition) is 1. The maximum Gasteiger partial charge on any atom is 0.244 e. The summed E-state index contributed by atoms with van der Waals surface area (Å²) in [5.41, 5.74) is 3.68. The molecular weight excluding hydrogens is 331 g/mol. The minimum Gasteiger partial charge on any atom is -0.348 e. The van der Waals surface area contributed by atoms with Gasteiger partial charge in [-0.2, -0.15) is 5.10 Å². The van der Waals surface area contributed by atoms with Crippen LogP contribution < -0.4 is 5.32 Å². The van der Waals surface area contributed by atoms with Crippen molar-refractivity contribution >= 4 is 11.5 Å². The zero-order valence-electron chi connectivity index (χ0n) is 14.4. The molecule has 0 aliphatic carbocycles. The zero-order chi connectivity index (χ0) is 18.4. The molecule has 26 heavy (non-hydrogen) atoms. The first-order chi connectivity index (χ1) is 12.6. The second-order valence-electron chi connectivity index (χ2n) is 5.97. The summed E-state index contributed by atoms with van der Waals surface area (Å²) in [6.07, 6.45) is 4.68. The number of hydrogen-bond acceptors (Lipinski definition) is 3. The van der Waals surface area contributed by atoms with Crippen LogP contribution in [-0.4, -0.2) is 20.7 Å². The van der Waals surface area contributed by atoms with Crippen molar-refractivity contribution in [3.63, 3.8) is 0 Å². The van der Waals surface area contributed by atoms with E-state index in [1.807, 2.05) is 31.2 Å². The Labute approximate surface area is 151 Å². The molecule has 1 heterocycles. The number of benzene rings is 2. The third-order valence-corrected chi connectivity index (χ3v) is 3.92. The minimum absolute atomic E-state index is 0.187. The molecule has 0 spiro atoms. The van der Waals surface area contributed by atoms with Crippen molar-refractivity contribution in [2.45, 2.75) is 20.0 Å². The van der Waals surface area contributed by atoms with Gasteiger partial charge in [-0.25, -0.2) is 14.1 Å². The summed E-state index contributed by atoms with van der Waals surface area (Å²) in [6, 6.07) is 14.0. The van der Waals surface area contributed by atoms with Gasteiger partial charge in [0.1, 0.15) is 18.5 Å². The van der Waals surface area contributed by atoms with E-state index in [4.69, 9.17) is 0 Å². The molecule has 1 amide bonds. The SMILES string of the molecule is C/C(=C/C(=O)NCc1cccc(Cn2cncn2)c1)c1ccc(F)cc1. The predicted octanol–water partition coefficient (Wildman–Crippen LogP) is 3.19. The molecule has 0 unspecified atom stereocenters. The van der Waals surface area contributed by atoms with Gasteiger partial charge in [0.15, 0.2) is 0 Å². The lowest BCUT2D eigenvalue weighted by atomic mass is 10.1. The highest BCUT2D eigenvalue weighted by Crippen LogP contribution is 2.14. The second-order valence-corrected chi connectivity index (χ2v) is 5.97. The van der Waals surface area contributed by atoms with Crippen molar-refractivity contribution in [3.8, 4) is 0 Å². The lowest BCUT2D eigenvalue weighted by Gasteiger charge is -2.07. The summed E-state index contributed by atoms with van der Waals surface area (Å²) < 4.78 is 14.7. The molecule has 0 aliphatic rings. The molecule has 1 N–H and O–H groups in total. The Morgan fingerprint density at radius 3 is 2.69 bits per heavy atom. The molecule has 5 nitrogen and oxygen atoms in total. The van der Waals surface area contributed by atoms with Crippen molar-refractivity contribution in [1.82, 2.24) is 20.1 Å². The fourth-order valence-electron chi connectivity index (χ4n) is 2.57. The number of allylic oxidation sites excluding steroid dienone is 1. The molecule has 0 bridgehead atoms. The summed E-state index contributed by atoms with van der Waals surface area (Å²) in [5, 5.41) is 6.96. The first kappa shape index (κ1) is 17.5. The van der Waals surface area contributed by atoms with Crippen LogP contribution in [0, 0.1) is 5.82 Å². The Kier molecular flexibility index (Phi) is 5.53. The Morgan fingerprint density at radius 2 is 1.96 bits per heavy atom. The average Bonchev–Trinajstić information content (AvgIpc) is 3.14.